The summed E-state index contributed by atoms with van der Waals surface area (Å²) in [6.45, 7) is 8.80. The van der Waals surface area contributed by atoms with Crippen LogP contribution in [0.25, 0.3) is 43.9 Å². The third-order valence-corrected chi connectivity index (χ3v) is 11.0. The number of aryl methyl sites for hydroxylation is 1. The molecule has 6 aromatic rings. The lowest BCUT2D eigenvalue weighted by atomic mass is 10.1. The van der Waals surface area contributed by atoms with Gasteiger partial charge < -0.3 is 4.90 Å². The van der Waals surface area contributed by atoms with Crippen LogP contribution in [0.15, 0.2) is 93.6 Å². The van der Waals surface area contributed by atoms with E-state index in [1.807, 2.05) is 17.6 Å². The van der Waals surface area contributed by atoms with Crippen molar-refractivity contribution < 1.29 is 4.57 Å². The van der Waals surface area contributed by atoms with Gasteiger partial charge in [0.1, 0.15) is 15.9 Å². The summed E-state index contributed by atoms with van der Waals surface area (Å²) in [7, 11) is 0. The van der Waals surface area contributed by atoms with Crippen LogP contribution in [0.3, 0.4) is 0 Å². The molecule has 0 saturated carbocycles. The van der Waals surface area contributed by atoms with E-state index >= 15 is 0 Å². The van der Waals surface area contributed by atoms with E-state index in [0.29, 0.717) is 6.54 Å². The molecule has 2 aromatic heterocycles. The number of hydrogen-bond donors (Lipinski definition) is 0. The molecule has 0 aliphatic carbocycles. The summed E-state index contributed by atoms with van der Waals surface area (Å²) >= 11 is 5.15. The Hall–Kier alpha value is -3.65. The molecule has 0 atom stereocenters. The summed E-state index contributed by atoms with van der Waals surface area (Å²) in [5.41, 5.74) is 2.61. The highest BCUT2D eigenvalue weighted by molar-refractivity contribution is 8.03. The summed E-state index contributed by atoms with van der Waals surface area (Å²) in [6.07, 6.45) is 6.34. The molecule has 4 aromatic carbocycles. The number of aromatic nitrogens is 2. The maximum absolute atomic E-state index is 13.5. The van der Waals surface area contributed by atoms with Crippen molar-refractivity contribution in [2.24, 2.45) is 0 Å². The van der Waals surface area contributed by atoms with E-state index in [1.54, 1.807) is 34.4 Å². The second kappa shape index (κ2) is 10.6. The number of nitrogens with zero attached hydrogens (tertiary/aromatic N) is 3. The summed E-state index contributed by atoms with van der Waals surface area (Å²) in [5, 5.41) is 7.35. The Bertz CT molecular complexity index is 2180. The minimum Gasteiger partial charge on any atom is -0.335 e. The third kappa shape index (κ3) is 4.35. The topological polar surface area (TPSA) is 29.1 Å². The number of hydrogen-bond acceptors (Lipinski definition) is 5. The van der Waals surface area contributed by atoms with Gasteiger partial charge in [0, 0.05) is 23.4 Å². The van der Waals surface area contributed by atoms with Crippen LogP contribution in [0.5, 0.6) is 0 Å². The van der Waals surface area contributed by atoms with Gasteiger partial charge in [-0.15, -0.1) is 11.3 Å². The standard InChI is InChI=1S/C34H30N3OS3/c1-4-35-29(39-26-17-15-22-11-7-9-13-24(22)32(26)35)20-19-28-34(38)37(6-3)31(41-28)21-30-36(5-2)33-25-14-10-8-12-23(25)16-18-27(33)40-30/h7-21H,4-6H2,1-3H3/q+1/b28-19+,29-20+. The minimum atomic E-state index is 0.0734. The van der Waals surface area contributed by atoms with Gasteiger partial charge in [0.05, 0.1) is 26.7 Å². The molecule has 204 valence electrons. The van der Waals surface area contributed by atoms with Gasteiger partial charge in [0.25, 0.3) is 10.6 Å². The van der Waals surface area contributed by atoms with Gasteiger partial charge in [-0.2, -0.15) is 4.57 Å². The molecule has 0 amide bonds. The molecule has 7 rings (SSSR count). The first-order valence-corrected chi connectivity index (χ1v) is 16.5. The second-order valence-corrected chi connectivity index (χ2v) is 13.2. The maximum atomic E-state index is 13.5. The first kappa shape index (κ1) is 26.3. The number of benzene rings is 4. The summed E-state index contributed by atoms with van der Waals surface area (Å²) < 4.78 is 7.30. The van der Waals surface area contributed by atoms with Crippen molar-refractivity contribution in [3.8, 4) is 0 Å². The van der Waals surface area contributed by atoms with Crippen molar-refractivity contribution in [3.05, 3.63) is 108 Å². The van der Waals surface area contributed by atoms with Crippen molar-refractivity contribution >= 4 is 84.0 Å². The van der Waals surface area contributed by atoms with Crippen LogP contribution in [0.2, 0.25) is 0 Å². The number of rotatable bonds is 5. The van der Waals surface area contributed by atoms with Crippen molar-refractivity contribution in [1.29, 1.82) is 0 Å². The van der Waals surface area contributed by atoms with Crippen LogP contribution in [0.4, 0.5) is 5.69 Å². The molecule has 3 heterocycles. The van der Waals surface area contributed by atoms with E-state index < -0.39 is 0 Å². The van der Waals surface area contributed by atoms with Gasteiger partial charge in [-0.1, -0.05) is 77.7 Å². The Labute approximate surface area is 250 Å². The number of thiazole rings is 2. The SMILES string of the molecule is CCN1/C(=C\C=c2\s/c(=C\c3sc4ccc5ccccc5c4[n+]3CC)n(CC)c2=O)Sc2ccc3ccccc3c21. The van der Waals surface area contributed by atoms with E-state index in [4.69, 9.17) is 0 Å². The smallest absolute Gasteiger partial charge is 0.269 e. The van der Waals surface area contributed by atoms with Crippen molar-refractivity contribution in [2.75, 3.05) is 11.4 Å². The molecule has 0 fully saturated rings. The van der Waals surface area contributed by atoms with Crippen LogP contribution < -0.4 is 24.2 Å². The first-order chi connectivity index (χ1) is 20.1. The highest BCUT2D eigenvalue weighted by atomic mass is 32.2. The van der Waals surface area contributed by atoms with Gasteiger partial charge in [-0.05, 0) is 61.9 Å². The predicted molar refractivity (Wildman–Crippen MR) is 178 cm³/mol. The zero-order chi connectivity index (χ0) is 28.1. The van der Waals surface area contributed by atoms with Gasteiger partial charge in [-0.3, -0.25) is 9.36 Å². The zero-order valence-corrected chi connectivity index (χ0v) is 25.7. The van der Waals surface area contributed by atoms with Gasteiger partial charge >= 0.3 is 0 Å². The highest BCUT2D eigenvalue weighted by Gasteiger charge is 2.25. The van der Waals surface area contributed by atoms with E-state index in [-0.39, 0.29) is 5.56 Å². The molecular weight excluding hydrogens is 563 g/mol. The van der Waals surface area contributed by atoms with Crippen LogP contribution in [0.1, 0.15) is 25.8 Å². The Morgan fingerprint density at radius 1 is 0.805 bits per heavy atom. The Kier molecular flexibility index (Phi) is 6.81. The molecular formula is C34H30N3OS3+. The van der Waals surface area contributed by atoms with E-state index in [1.165, 1.54) is 42.3 Å². The molecule has 1 aliphatic heterocycles. The van der Waals surface area contributed by atoms with E-state index in [0.717, 1.165) is 32.3 Å². The monoisotopic (exact) mass is 592 g/mol. The fraction of sp³-hybridized carbons (Fsp3) is 0.176. The van der Waals surface area contributed by atoms with Crippen molar-refractivity contribution in [1.82, 2.24) is 4.57 Å². The van der Waals surface area contributed by atoms with Crippen LogP contribution in [-0.2, 0) is 13.1 Å². The fourth-order valence-electron chi connectivity index (χ4n) is 5.82. The summed E-state index contributed by atoms with van der Waals surface area (Å²) in [4.78, 5) is 17.2. The van der Waals surface area contributed by atoms with E-state index in [9.17, 15) is 4.79 Å². The molecule has 0 radical (unpaired) electrons. The van der Waals surface area contributed by atoms with Gasteiger partial charge in [0.15, 0.2) is 0 Å². The lowest BCUT2D eigenvalue weighted by Gasteiger charge is -2.19. The maximum Gasteiger partial charge on any atom is 0.269 e. The third-order valence-electron chi connectivity index (χ3n) is 7.74. The Balaban J connectivity index is 1.34. The Morgan fingerprint density at radius 3 is 2.29 bits per heavy atom. The quantitative estimate of drug-likeness (QED) is 0.205. The molecule has 7 heteroatoms. The normalized spacial score (nSPS) is 15.3. The summed E-state index contributed by atoms with van der Waals surface area (Å²) in [6, 6.07) is 26.0. The average Bonchev–Trinajstić information content (AvgIpc) is 3.65. The molecule has 4 nitrogen and oxygen atoms in total. The summed E-state index contributed by atoms with van der Waals surface area (Å²) in [5.74, 6) is 0. The molecule has 0 unspecified atom stereocenters. The molecule has 0 saturated heterocycles. The Morgan fingerprint density at radius 2 is 1.54 bits per heavy atom. The number of allylic oxidation sites excluding steroid dienone is 1. The van der Waals surface area contributed by atoms with Crippen LogP contribution in [-0.4, -0.2) is 11.1 Å². The van der Waals surface area contributed by atoms with Gasteiger partial charge in [0.2, 0.25) is 5.52 Å². The number of anilines is 1. The lowest BCUT2D eigenvalue weighted by Crippen LogP contribution is -2.35. The first-order valence-electron chi connectivity index (χ1n) is 14.1. The molecule has 1 aliphatic rings. The van der Waals surface area contributed by atoms with Crippen molar-refractivity contribution in [2.45, 2.75) is 38.8 Å². The highest BCUT2D eigenvalue weighted by Crippen LogP contribution is 2.49. The van der Waals surface area contributed by atoms with Crippen LogP contribution >= 0.6 is 34.4 Å². The number of fused-ring (bicyclic) bond motifs is 6. The second-order valence-electron chi connectivity index (χ2n) is 9.97. The van der Waals surface area contributed by atoms with Crippen molar-refractivity contribution in [3.63, 3.8) is 0 Å². The van der Waals surface area contributed by atoms with E-state index in [2.05, 4.69) is 108 Å². The fourth-order valence-corrected chi connectivity index (χ4v) is 9.27. The predicted octanol–water partition coefficient (Wildman–Crippen LogP) is 6.84. The largest absolute Gasteiger partial charge is 0.335 e. The molecule has 41 heavy (non-hydrogen) atoms. The zero-order valence-electron chi connectivity index (χ0n) is 23.3. The molecule has 0 spiro atoms. The average molecular weight is 593 g/mol. The number of thioether (sulfide) groups is 1. The molecule has 0 N–H and O–H groups in total. The van der Waals surface area contributed by atoms with Gasteiger partial charge in [-0.25, -0.2) is 0 Å². The molecule has 0 bridgehead atoms. The minimum absolute atomic E-state index is 0.0734. The van der Waals surface area contributed by atoms with Crippen LogP contribution in [0, 0.1) is 0 Å². The lowest BCUT2D eigenvalue weighted by molar-refractivity contribution is -0.664.